The second-order valence-corrected chi connectivity index (χ2v) is 7.98. The normalized spacial score (nSPS) is 18.1. The van der Waals surface area contributed by atoms with E-state index >= 15 is 0 Å². The number of benzene rings is 2. The summed E-state index contributed by atoms with van der Waals surface area (Å²) in [6, 6.07) is 12.7. The van der Waals surface area contributed by atoms with Crippen molar-refractivity contribution in [3.05, 3.63) is 70.9 Å². The third kappa shape index (κ3) is 3.61. The molecule has 3 heterocycles. The highest BCUT2D eigenvalue weighted by Gasteiger charge is 2.37. The first-order valence-electron chi connectivity index (χ1n) is 10.6. The van der Waals surface area contributed by atoms with Crippen molar-refractivity contribution in [1.82, 2.24) is 15.2 Å². The Labute approximate surface area is 179 Å². The molecular formula is C24H23N3O4. The lowest BCUT2D eigenvalue weighted by molar-refractivity contribution is 0.0475. The Hall–Kier alpha value is -3.45. The van der Waals surface area contributed by atoms with Crippen molar-refractivity contribution in [2.75, 3.05) is 19.7 Å². The van der Waals surface area contributed by atoms with Crippen LogP contribution in [0, 0.1) is 0 Å². The van der Waals surface area contributed by atoms with Crippen LogP contribution in [0.4, 0.5) is 0 Å². The van der Waals surface area contributed by atoms with Crippen molar-refractivity contribution >= 4 is 28.6 Å². The number of carbonyl (C=O) groups excluding carboxylic acids is 3. The lowest BCUT2D eigenvalue weighted by atomic mass is 10.1. The smallest absolute Gasteiger partial charge is 0.261 e. The van der Waals surface area contributed by atoms with E-state index in [2.05, 4.69) is 16.4 Å². The number of nitrogens with zero attached hydrogens (tertiary/aromatic N) is 1. The van der Waals surface area contributed by atoms with Crippen LogP contribution in [0.3, 0.4) is 0 Å². The Kier molecular flexibility index (Phi) is 5.03. The molecule has 2 N–H and O–H groups in total. The maximum Gasteiger partial charge on any atom is 0.261 e. The maximum absolute atomic E-state index is 12.8. The number of amides is 3. The Morgan fingerprint density at radius 3 is 2.81 bits per heavy atom. The summed E-state index contributed by atoms with van der Waals surface area (Å²) in [6.07, 6.45) is 4.33. The molecule has 0 bridgehead atoms. The summed E-state index contributed by atoms with van der Waals surface area (Å²) in [4.78, 5) is 42.5. The van der Waals surface area contributed by atoms with Crippen molar-refractivity contribution in [1.29, 1.82) is 0 Å². The molecular weight excluding hydrogens is 394 g/mol. The number of hydrogen-bond donors (Lipinski definition) is 2. The number of fused-ring (bicyclic) bond motifs is 2. The molecule has 158 valence electrons. The molecule has 1 aromatic heterocycles. The van der Waals surface area contributed by atoms with E-state index in [0.717, 1.165) is 29.3 Å². The molecule has 5 rings (SSSR count). The fraction of sp³-hybridized carbons (Fsp3) is 0.292. The quantitative estimate of drug-likeness (QED) is 0.604. The minimum Gasteiger partial charge on any atom is -0.376 e. The summed E-state index contributed by atoms with van der Waals surface area (Å²) >= 11 is 0. The SMILES string of the molecule is O=C(NCCc1c[nH]c2ccccc12)c1ccc2c(c1)C(=O)N(CC1CCCO1)C2=O. The zero-order valence-corrected chi connectivity index (χ0v) is 17.0. The second kappa shape index (κ2) is 8.00. The number of para-hydroxylation sites is 1. The van der Waals surface area contributed by atoms with E-state index in [4.69, 9.17) is 4.74 Å². The van der Waals surface area contributed by atoms with Gasteiger partial charge in [0, 0.05) is 35.8 Å². The molecule has 0 radical (unpaired) electrons. The molecule has 0 spiro atoms. The van der Waals surface area contributed by atoms with Gasteiger partial charge in [-0.2, -0.15) is 0 Å². The van der Waals surface area contributed by atoms with Crippen LogP contribution in [0.25, 0.3) is 10.9 Å². The van der Waals surface area contributed by atoms with E-state index in [0.29, 0.717) is 30.7 Å². The molecule has 0 saturated carbocycles. The molecule has 7 heteroatoms. The van der Waals surface area contributed by atoms with Gasteiger partial charge >= 0.3 is 0 Å². The summed E-state index contributed by atoms with van der Waals surface area (Å²) in [5.74, 6) is -0.939. The van der Waals surface area contributed by atoms with Gasteiger partial charge in [0.2, 0.25) is 0 Å². The lowest BCUT2D eigenvalue weighted by Gasteiger charge is -2.17. The number of imide groups is 1. The number of aromatic amines is 1. The van der Waals surface area contributed by atoms with E-state index in [-0.39, 0.29) is 35.9 Å². The Morgan fingerprint density at radius 1 is 1.13 bits per heavy atom. The van der Waals surface area contributed by atoms with Crippen LogP contribution in [-0.4, -0.2) is 53.4 Å². The van der Waals surface area contributed by atoms with E-state index < -0.39 is 0 Å². The summed E-state index contributed by atoms with van der Waals surface area (Å²) in [6.45, 7) is 1.39. The van der Waals surface area contributed by atoms with Crippen LogP contribution in [0.1, 0.15) is 49.5 Å². The molecule has 1 saturated heterocycles. The third-order valence-electron chi connectivity index (χ3n) is 6.00. The largest absolute Gasteiger partial charge is 0.376 e. The first-order valence-corrected chi connectivity index (χ1v) is 10.6. The highest BCUT2D eigenvalue weighted by molar-refractivity contribution is 6.22. The second-order valence-electron chi connectivity index (χ2n) is 7.98. The Bertz CT molecular complexity index is 1180. The van der Waals surface area contributed by atoms with Crippen LogP contribution >= 0.6 is 0 Å². The minimum absolute atomic E-state index is 0.102. The Morgan fingerprint density at radius 2 is 1.97 bits per heavy atom. The van der Waals surface area contributed by atoms with Gasteiger partial charge in [-0.1, -0.05) is 18.2 Å². The van der Waals surface area contributed by atoms with Crippen LogP contribution in [-0.2, 0) is 11.2 Å². The zero-order valence-electron chi connectivity index (χ0n) is 17.0. The van der Waals surface area contributed by atoms with E-state index in [9.17, 15) is 14.4 Å². The standard InChI is InChI=1S/C24H23N3O4/c28-22(25-10-9-16-13-26-21-6-2-1-5-18(16)21)15-7-8-19-20(12-15)24(30)27(23(19)29)14-17-4-3-11-31-17/h1-2,5-8,12-13,17,26H,3-4,9-11,14H2,(H,25,28). The molecule has 3 amide bonds. The van der Waals surface area contributed by atoms with Crippen LogP contribution in [0.15, 0.2) is 48.7 Å². The number of hydrogen-bond acceptors (Lipinski definition) is 4. The average molecular weight is 417 g/mol. The van der Waals surface area contributed by atoms with Crippen molar-refractivity contribution in [3.63, 3.8) is 0 Å². The molecule has 1 atom stereocenters. The predicted octanol–water partition coefficient (Wildman–Crippen LogP) is 2.92. The molecule has 2 aliphatic heterocycles. The van der Waals surface area contributed by atoms with Gasteiger partial charge in [-0.05, 0) is 49.1 Å². The Balaban J connectivity index is 1.24. The summed E-state index contributed by atoms with van der Waals surface area (Å²) in [5.41, 5.74) is 3.21. The molecule has 2 aromatic carbocycles. The summed E-state index contributed by atoms with van der Waals surface area (Å²) < 4.78 is 5.56. The average Bonchev–Trinajstić information content (AvgIpc) is 3.50. The molecule has 3 aromatic rings. The van der Waals surface area contributed by atoms with Crippen molar-refractivity contribution < 1.29 is 19.1 Å². The number of rotatable bonds is 6. The lowest BCUT2D eigenvalue weighted by Crippen LogP contribution is -2.36. The van der Waals surface area contributed by atoms with Crippen LogP contribution in [0.2, 0.25) is 0 Å². The molecule has 7 nitrogen and oxygen atoms in total. The predicted molar refractivity (Wildman–Crippen MR) is 115 cm³/mol. The summed E-state index contributed by atoms with van der Waals surface area (Å²) in [5, 5.41) is 4.05. The molecule has 0 aliphatic carbocycles. The number of carbonyl (C=O) groups is 3. The molecule has 31 heavy (non-hydrogen) atoms. The number of H-pyrrole nitrogens is 1. The topological polar surface area (TPSA) is 91.5 Å². The van der Waals surface area contributed by atoms with Crippen LogP contribution < -0.4 is 5.32 Å². The van der Waals surface area contributed by atoms with Crippen molar-refractivity contribution in [2.45, 2.75) is 25.4 Å². The van der Waals surface area contributed by atoms with Gasteiger partial charge in [0.05, 0.1) is 23.8 Å². The third-order valence-corrected chi connectivity index (χ3v) is 6.00. The van der Waals surface area contributed by atoms with E-state index in [1.165, 1.54) is 11.0 Å². The van der Waals surface area contributed by atoms with Crippen molar-refractivity contribution in [3.8, 4) is 0 Å². The van der Waals surface area contributed by atoms with Gasteiger partial charge in [-0.25, -0.2) is 0 Å². The number of nitrogens with one attached hydrogen (secondary N) is 2. The van der Waals surface area contributed by atoms with Gasteiger partial charge in [0.25, 0.3) is 17.7 Å². The first-order chi connectivity index (χ1) is 15.1. The van der Waals surface area contributed by atoms with Crippen molar-refractivity contribution in [2.24, 2.45) is 0 Å². The van der Waals surface area contributed by atoms with Gasteiger partial charge in [0.15, 0.2) is 0 Å². The number of aromatic nitrogens is 1. The fourth-order valence-electron chi connectivity index (χ4n) is 4.34. The van der Waals surface area contributed by atoms with Gasteiger partial charge in [0.1, 0.15) is 0 Å². The first kappa shape index (κ1) is 19.5. The van der Waals surface area contributed by atoms with E-state index in [1.54, 1.807) is 12.1 Å². The van der Waals surface area contributed by atoms with Gasteiger partial charge < -0.3 is 15.0 Å². The molecule has 1 unspecified atom stereocenters. The van der Waals surface area contributed by atoms with E-state index in [1.807, 2.05) is 24.4 Å². The van der Waals surface area contributed by atoms with Crippen LogP contribution in [0.5, 0.6) is 0 Å². The molecule has 1 fully saturated rings. The van der Waals surface area contributed by atoms with Gasteiger partial charge in [-0.15, -0.1) is 0 Å². The highest BCUT2D eigenvalue weighted by Crippen LogP contribution is 2.26. The van der Waals surface area contributed by atoms with Gasteiger partial charge in [-0.3, -0.25) is 19.3 Å². The highest BCUT2D eigenvalue weighted by atomic mass is 16.5. The monoisotopic (exact) mass is 417 g/mol. The number of ether oxygens (including phenoxy) is 1. The zero-order chi connectivity index (χ0) is 21.4. The summed E-state index contributed by atoms with van der Waals surface area (Å²) in [7, 11) is 0. The fourth-order valence-corrected chi connectivity index (χ4v) is 4.34. The maximum atomic E-state index is 12.8. The molecule has 2 aliphatic rings. The minimum atomic E-state index is -0.357.